The van der Waals surface area contributed by atoms with Gasteiger partial charge in [-0.3, -0.25) is 9.79 Å². The Morgan fingerprint density at radius 3 is 2.48 bits per heavy atom. The second-order valence-corrected chi connectivity index (χ2v) is 8.03. The Hall–Kier alpha value is -3.21. The zero-order chi connectivity index (χ0) is 21.8. The fourth-order valence-corrected chi connectivity index (χ4v) is 4.55. The summed E-state index contributed by atoms with van der Waals surface area (Å²) >= 11 is 0. The van der Waals surface area contributed by atoms with E-state index < -0.39 is 5.97 Å². The number of hydrogen-bond acceptors (Lipinski definition) is 5. The van der Waals surface area contributed by atoms with Crippen molar-refractivity contribution in [3.8, 4) is 5.75 Å². The van der Waals surface area contributed by atoms with Gasteiger partial charge in [-0.1, -0.05) is 42.5 Å². The molecule has 5 heteroatoms. The summed E-state index contributed by atoms with van der Waals surface area (Å²) in [5.74, 6) is -0.288. The molecule has 0 saturated heterocycles. The Bertz CT molecular complexity index is 1040. The SMILES string of the molecule is CC1=C(C(=O)OCCOc2ccccc2)[C@H](c2ccccc2C)C2C(=O)CCCC2=N1. The Morgan fingerprint density at radius 1 is 0.968 bits per heavy atom. The second kappa shape index (κ2) is 9.29. The van der Waals surface area contributed by atoms with Gasteiger partial charge in [0.05, 0.1) is 11.5 Å². The van der Waals surface area contributed by atoms with Crippen molar-refractivity contribution in [3.05, 3.63) is 77.0 Å². The monoisotopic (exact) mass is 417 g/mol. The Labute approximate surface area is 182 Å². The molecule has 5 nitrogen and oxygen atoms in total. The zero-order valence-electron chi connectivity index (χ0n) is 18.0. The van der Waals surface area contributed by atoms with Crippen LogP contribution in [0.3, 0.4) is 0 Å². The van der Waals surface area contributed by atoms with Crippen LogP contribution in [0.2, 0.25) is 0 Å². The molecule has 0 bridgehead atoms. The maximum absolute atomic E-state index is 13.2. The number of para-hydroxylation sites is 1. The molecule has 0 N–H and O–H groups in total. The van der Waals surface area contributed by atoms with E-state index in [4.69, 9.17) is 9.47 Å². The first kappa shape index (κ1) is 21.0. The van der Waals surface area contributed by atoms with E-state index in [9.17, 15) is 9.59 Å². The van der Waals surface area contributed by atoms with Crippen molar-refractivity contribution in [3.63, 3.8) is 0 Å². The summed E-state index contributed by atoms with van der Waals surface area (Å²) in [6.45, 7) is 4.23. The predicted molar refractivity (Wildman–Crippen MR) is 119 cm³/mol. The fraction of sp³-hybridized carbons (Fsp3) is 0.346. The van der Waals surface area contributed by atoms with Gasteiger partial charge >= 0.3 is 5.97 Å². The highest BCUT2D eigenvalue weighted by atomic mass is 16.6. The molecule has 31 heavy (non-hydrogen) atoms. The quantitative estimate of drug-likeness (QED) is 0.500. The van der Waals surface area contributed by atoms with Gasteiger partial charge in [-0.25, -0.2) is 4.79 Å². The first-order valence-electron chi connectivity index (χ1n) is 10.8. The lowest BCUT2D eigenvalue weighted by molar-refractivity contribution is -0.140. The van der Waals surface area contributed by atoms with Crippen LogP contribution < -0.4 is 4.74 Å². The van der Waals surface area contributed by atoms with Crippen LogP contribution >= 0.6 is 0 Å². The van der Waals surface area contributed by atoms with Crippen molar-refractivity contribution in [2.75, 3.05) is 13.2 Å². The number of allylic oxidation sites excluding steroid dienone is 1. The number of carbonyl (C=O) groups is 2. The minimum Gasteiger partial charge on any atom is -0.490 e. The van der Waals surface area contributed by atoms with Crippen molar-refractivity contribution in [1.29, 1.82) is 0 Å². The highest BCUT2D eigenvalue weighted by Gasteiger charge is 2.44. The molecule has 1 unspecified atom stereocenters. The number of benzene rings is 2. The number of nitrogens with zero attached hydrogens (tertiary/aromatic N) is 1. The average molecular weight is 418 g/mol. The van der Waals surface area contributed by atoms with Gasteiger partial charge in [0, 0.05) is 23.7 Å². The summed E-state index contributed by atoms with van der Waals surface area (Å²) in [5, 5.41) is 0. The summed E-state index contributed by atoms with van der Waals surface area (Å²) in [5.41, 5.74) is 4.06. The highest BCUT2D eigenvalue weighted by molar-refractivity contribution is 6.11. The van der Waals surface area contributed by atoms with Crippen molar-refractivity contribution in [2.24, 2.45) is 10.9 Å². The van der Waals surface area contributed by atoms with Gasteiger partial charge in [0.15, 0.2) is 0 Å². The number of rotatable bonds is 6. The van der Waals surface area contributed by atoms with E-state index in [1.165, 1.54) is 0 Å². The van der Waals surface area contributed by atoms with Gasteiger partial charge in [0.25, 0.3) is 0 Å². The van der Waals surface area contributed by atoms with E-state index in [1.807, 2.05) is 68.4 Å². The molecule has 2 aromatic carbocycles. The van der Waals surface area contributed by atoms with Gasteiger partial charge < -0.3 is 9.47 Å². The number of fused-ring (bicyclic) bond motifs is 1. The molecule has 0 radical (unpaired) electrons. The van der Waals surface area contributed by atoms with Crippen molar-refractivity contribution in [2.45, 2.75) is 39.0 Å². The van der Waals surface area contributed by atoms with Gasteiger partial charge in [0.1, 0.15) is 24.7 Å². The molecule has 1 aliphatic carbocycles. The molecule has 160 valence electrons. The Balaban J connectivity index is 1.58. The number of ether oxygens (including phenoxy) is 2. The van der Waals surface area contributed by atoms with Crippen LogP contribution in [-0.2, 0) is 14.3 Å². The van der Waals surface area contributed by atoms with Crippen LogP contribution in [0.4, 0.5) is 0 Å². The van der Waals surface area contributed by atoms with Gasteiger partial charge in [0.2, 0.25) is 0 Å². The number of hydrogen-bond donors (Lipinski definition) is 0. The minimum absolute atomic E-state index is 0.125. The van der Waals surface area contributed by atoms with Gasteiger partial charge in [-0.05, 0) is 49.9 Å². The number of esters is 1. The van der Waals surface area contributed by atoms with E-state index in [1.54, 1.807) is 0 Å². The van der Waals surface area contributed by atoms with Crippen LogP contribution in [0.25, 0.3) is 0 Å². The lowest BCUT2D eigenvalue weighted by Crippen LogP contribution is -2.39. The highest BCUT2D eigenvalue weighted by Crippen LogP contribution is 2.43. The third kappa shape index (κ3) is 4.46. The number of carbonyl (C=O) groups excluding carboxylic acids is 2. The van der Waals surface area contributed by atoms with E-state index >= 15 is 0 Å². The lowest BCUT2D eigenvalue weighted by atomic mass is 9.69. The van der Waals surface area contributed by atoms with E-state index in [2.05, 4.69) is 4.99 Å². The molecule has 1 aliphatic heterocycles. The molecule has 1 saturated carbocycles. The third-order valence-corrected chi connectivity index (χ3v) is 5.98. The zero-order valence-corrected chi connectivity index (χ0v) is 18.0. The molecule has 4 rings (SSSR count). The maximum Gasteiger partial charge on any atom is 0.336 e. The maximum atomic E-state index is 13.2. The molecule has 1 heterocycles. The van der Waals surface area contributed by atoms with Crippen molar-refractivity contribution >= 4 is 17.5 Å². The molecule has 0 spiro atoms. The average Bonchev–Trinajstić information content (AvgIpc) is 2.77. The summed E-state index contributed by atoms with van der Waals surface area (Å²) in [6, 6.07) is 17.3. The number of Topliss-reactive ketones (excluding diaryl/α,β-unsaturated/α-hetero) is 1. The molecule has 0 amide bonds. The molecule has 1 fully saturated rings. The smallest absolute Gasteiger partial charge is 0.336 e. The predicted octanol–water partition coefficient (Wildman–Crippen LogP) is 4.80. The van der Waals surface area contributed by atoms with Crippen LogP contribution in [-0.4, -0.2) is 30.7 Å². The topological polar surface area (TPSA) is 65.0 Å². The Kier molecular flexibility index (Phi) is 6.31. The molecule has 2 aromatic rings. The lowest BCUT2D eigenvalue weighted by Gasteiger charge is -2.36. The number of aliphatic imine (C=N–C) groups is 1. The van der Waals surface area contributed by atoms with Gasteiger partial charge in [-0.2, -0.15) is 0 Å². The van der Waals surface area contributed by atoms with E-state index in [-0.39, 0.29) is 30.8 Å². The molecule has 0 aromatic heterocycles. The summed E-state index contributed by atoms with van der Waals surface area (Å²) in [6.07, 6.45) is 2.14. The van der Waals surface area contributed by atoms with Crippen LogP contribution in [0, 0.1) is 12.8 Å². The summed E-state index contributed by atoms with van der Waals surface area (Å²) < 4.78 is 11.2. The normalized spacial score (nSPS) is 20.7. The number of aryl methyl sites for hydroxylation is 1. The van der Waals surface area contributed by atoms with Gasteiger partial charge in [-0.15, -0.1) is 0 Å². The fourth-order valence-electron chi connectivity index (χ4n) is 4.55. The second-order valence-electron chi connectivity index (χ2n) is 8.03. The standard InChI is InChI=1S/C26H27NO4/c1-17-9-6-7-12-20(17)24-23(18(2)27-21-13-8-14-22(28)25(21)24)26(29)31-16-15-30-19-10-4-3-5-11-19/h3-7,9-12,24-25H,8,13-16H2,1-2H3/t24-,25?/m0/s1. The molecule has 2 aliphatic rings. The largest absolute Gasteiger partial charge is 0.490 e. The summed E-state index contributed by atoms with van der Waals surface area (Å²) in [4.78, 5) is 30.8. The number of ketones is 1. The van der Waals surface area contributed by atoms with Crippen molar-refractivity contribution < 1.29 is 19.1 Å². The van der Waals surface area contributed by atoms with Crippen LogP contribution in [0.15, 0.2) is 70.9 Å². The molecular weight excluding hydrogens is 390 g/mol. The molecule has 2 atom stereocenters. The van der Waals surface area contributed by atoms with Crippen LogP contribution in [0.1, 0.15) is 43.2 Å². The van der Waals surface area contributed by atoms with E-state index in [0.29, 0.717) is 17.7 Å². The van der Waals surface area contributed by atoms with Crippen LogP contribution in [0.5, 0.6) is 5.75 Å². The third-order valence-electron chi connectivity index (χ3n) is 5.98. The van der Waals surface area contributed by atoms with E-state index in [0.717, 1.165) is 35.4 Å². The first-order valence-corrected chi connectivity index (χ1v) is 10.8. The van der Waals surface area contributed by atoms with Crippen molar-refractivity contribution in [1.82, 2.24) is 0 Å². The Morgan fingerprint density at radius 2 is 1.71 bits per heavy atom. The summed E-state index contributed by atoms with van der Waals surface area (Å²) in [7, 11) is 0. The first-order chi connectivity index (χ1) is 15.1. The molecular formula is C26H27NO4. The minimum atomic E-state index is -0.427.